The van der Waals surface area contributed by atoms with Crippen LogP contribution in [0, 0.1) is 0 Å². The maximum Gasteiger partial charge on any atom is 0.269 e. The minimum Gasteiger partial charge on any atom is -0.506 e. The minimum atomic E-state index is -0.321. The summed E-state index contributed by atoms with van der Waals surface area (Å²) < 4.78 is 0. The Balaban J connectivity index is 2.49. The summed E-state index contributed by atoms with van der Waals surface area (Å²) in [5, 5.41) is 13.2. The van der Waals surface area contributed by atoms with Gasteiger partial charge in [0.15, 0.2) is 0 Å². The number of carbonyl (C=O) groups is 1. The summed E-state index contributed by atoms with van der Waals surface area (Å²) in [5.74, 6) is -0.305. The largest absolute Gasteiger partial charge is 0.506 e. The number of amides is 1. The predicted octanol–water partition coefficient (Wildman–Crippen LogP) is 1.75. The van der Waals surface area contributed by atoms with E-state index >= 15 is 0 Å². The zero-order valence-electron chi connectivity index (χ0n) is 9.77. The number of phenols is 1. The highest BCUT2D eigenvalue weighted by Crippen LogP contribution is 2.28. The number of hydrogen-bond acceptors (Lipinski definition) is 3. The molecule has 1 amide bonds. The molecular weight excluding hydrogens is 216 g/mol. The molecule has 88 valence electrons. The Bertz CT molecular complexity index is 564. The molecule has 2 aromatic rings. The van der Waals surface area contributed by atoms with Gasteiger partial charge in [-0.2, -0.15) is 0 Å². The Morgan fingerprint density at radius 1 is 1.18 bits per heavy atom. The van der Waals surface area contributed by atoms with Crippen molar-refractivity contribution in [3.05, 3.63) is 42.0 Å². The van der Waals surface area contributed by atoms with E-state index in [4.69, 9.17) is 0 Å². The Hall–Kier alpha value is -2.07. The van der Waals surface area contributed by atoms with Crippen molar-refractivity contribution in [2.75, 3.05) is 14.1 Å². The summed E-state index contributed by atoms with van der Waals surface area (Å²) in [6, 6.07) is 10.8. The lowest BCUT2D eigenvalue weighted by atomic mass is 10.1. The Morgan fingerprint density at radius 2 is 1.88 bits per heavy atom. The van der Waals surface area contributed by atoms with Crippen molar-refractivity contribution in [1.29, 1.82) is 0 Å². The highest BCUT2D eigenvalue weighted by Gasteiger charge is 2.13. The second kappa shape index (κ2) is 4.43. The molecule has 0 aromatic heterocycles. The standard InChI is InChI=1S/C13H14N2O2/c1-15(2)14-13(17)11-8-7-9-5-3-4-6-10(9)12(11)16/h3-8,16H,1-2H3,(H,14,17). The fourth-order valence-electron chi connectivity index (χ4n) is 1.70. The van der Waals surface area contributed by atoms with Crippen LogP contribution in [0.1, 0.15) is 10.4 Å². The van der Waals surface area contributed by atoms with Crippen LogP contribution < -0.4 is 5.43 Å². The number of nitrogens with zero attached hydrogens (tertiary/aromatic N) is 1. The van der Waals surface area contributed by atoms with Crippen molar-refractivity contribution in [2.24, 2.45) is 0 Å². The predicted molar refractivity (Wildman–Crippen MR) is 66.8 cm³/mol. The highest BCUT2D eigenvalue weighted by atomic mass is 16.3. The molecule has 0 spiro atoms. The van der Waals surface area contributed by atoms with E-state index in [1.54, 1.807) is 26.2 Å². The van der Waals surface area contributed by atoms with Crippen LogP contribution in [0.5, 0.6) is 5.75 Å². The molecule has 2 N–H and O–H groups in total. The number of benzene rings is 2. The van der Waals surface area contributed by atoms with Gasteiger partial charge >= 0.3 is 0 Å². The van der Waals surface area contributed by atoms with E-state index < -0.39 is 0 Å². The molecule has 0 heterocycles. The topological polar surface area (TPSA) is 52.6 Å². The highest BCUT2D eigenvalue weighted by molar-refractivity contribution is 6.03. The van der Waals surface area contributed by atoms with E-state index in [0.29, 0.717) is 5.39 Å². The average Bonchev–Trinajstić information content (AvgIpc) is 2.28. The first-order valence-corrected chi connectivity index (χ1v) is 5.28. The molecule has 0 saturated carbocycles. The molecule has 4 nitrogen and oxygen atoms in total. The quantitative estimate of drug-likeness (QED) is 0.773. The van der Waals surface area contributed by atoms with Gasteiger partial charge in [0.25, 0.3) is 5.91 Å². The summed E-state index contributed by atoms with van der Waals surface area (Å²) in [6.07, 6.45) is 0. The zero-order chi connectivity index (χ0) is 12.4. The number of hydrogen-bond donors (Lipinski definition) is 2. The van der Waals surface area contributed by atoms with Crippen LogP contribution in [0.4, 0.5) is 0 Å². The van der Waals surface area contributed by atoms with Crippen LogP contribution in [0.15, 0.2) is 36.4 Å². The van der Waals surface area contributed by atoms with Crippen molar-refractivity contribution in [3.8, 4) is 5.75 Å². The van der Waals surface area contributed by atoms with Crippen LogP contribution in [-0.4, -0.2) is 30.1 Å². The van der Waals surface area contributed by atoms with Crippen LogP contribution in [0.3, 0.4) is 0 Å². The number of hydrazine groups is 1. The molecule has 0 saturated heterocycles. The first-order chi connectivity index (χ1) is 8.09. The molecule has 0 aliphatic heterocycles. The summed E-state index contributed by atoms with van der Waals surface area (Å²) in [6.45, 7) is 0. The number of phenolic OH excluding ortho intramolecular Hbond substituents is 1. The van der Waals surface area contributed by atoms with E-state index in [0.717, 1.165) is 5.39 Å². The molecular formula is C13H14N2O2. The van der Waals surface area contributed by atoms with Gasteiger partial charge in [-0.1, -0.05) is 30.3 Å². The number of nitrogens with one attached hydrogen (secondary N) is 1. The average molecular weight is 230 g/mol. The number of carbonyl (C=O) groups excluding carboxylic acids is 1. The third-order valence-corrected chi connectivity index (χ3v) is 2.47. The summed E-state index contributed by atoms with van der Waals surface area (Å²) in [4.78, 5) is 11.8. The normalized spacial score (nSPS) is 10.8. The molecule has 0 atom stereocenters. The van der Waals surface area contributed by atoms with Crippen LogP contribution in [0.2, 0.25) is 0 Å². The maximum atomic E-state index is 11.8. The van der Waals surface area contributed by atoms with E-state index in [2.05, 4.69) is 5.43 Å². The van der Waals surface area contributed by atoms with Gasteiger partial charge in [0, 0.05) is 19.5 Å². The van der Waals surface area contributed by atoms with Gasteiger partial charge in [-0.15, -0.1) is 0 Å². The Kier molecular flexibility index (Phi) is 2.97. The lowest BCUT2D eigenvalue weighted by Crippen LogP contribution is -2.36. The van der Waals surface area contributed by atoms with Crippen LogP contribution in [0.25, 0.3) is 10.8 Å². The monoisotopic (exact) mass is 230 g/mol. The lowest BCUT2D eigenvalue weighted by molar-refractivity contribution is 0.0854. The molecule has 0 fully saturated rings. The van der Waals surface area contributed by atoms with Gasteiger partial charge in [0.1, 0.15) is 5.75 Å². The van der Waals surface area contributed by atoms with Crippen LogP contribution >= 0.6 is 0 Å². The third kappa shape index (κ3) is 2.21. The van der Waals surface area contributed by atoms with Crippen molar-refractivity contribution >= 4 is 16.7 Å². The van der Waals surface area contributed by atoms with Crippen molar-refractivity contribution < 1.29 is 9.90 Å². The molecule has 17 heavy (non-hydrogen) atoms. The summed E-state index contributed by atoms with van der Waals surface area (Å²) >= 11 is 0. The Morgan fingerprint density at radius 3 is 2.59 bits per heavy atom. The van der Waals surface area contributed by atoms with Crippen molar-refractivity contribution in [3.63, 3.8) is 0 Å². The van der Waals surface area contributed by atoms with Crippen molar-refractivity contribution in [1.82, 2.24) is 10.4 Å². The molecule has 0 bridgehead atoms. The lowest BCUT2D eigenvalue weighted by Gasteiger charge is -2.13. The van der Waals surface area contributed by atoms with Gasteiger partial charge in [0.2, 0.25) is 0 Å². The van der Waals surface area contributed by atoms with Gasteiger partial charge in [-0.05, 0) is 11.5 Å². The first-order valence-electron chi connectivity index (χ1n) is 5.28. The van der Waals surface area contributed by atoms with E-state index in [1.165, 1.54) is 5.01 Å². The van der Waals surface area contributed by atoms with Crippen LogP contribution in [-0.2, 0) is 0 Å². The first kappa shape index (κ1) is 11.4. The molecule has 2 rings (SSSR count). The summed E-state index contributed by atoms with van der Waals surface area (Å²) in [7, 11) is 3.44. The molecule has 0 aliphatic rings. The molecule has 4 heteroatoms. The van der Waals surface area contributed by atoms with E-state index in [-0.39, 0.29) is 17.2 Å². The summed E-state index contributed by atoms with van der Waals surface area (Å²) in [5.41, 5.74) is 2.87. The zero-order valence-corrected chi connectivity index (χ0v) is 9.77. The van der Waals surface area contributed by atoms with Gasteiger partial charge in [-0.3, -0.25) is 10.2 Å². The molecule has 0 unspecified atom stereocenters. The van der Waals surface area contributed by atoms with E-state index in [1.807, 2.05) is 24.3 Å². The number of fused-ring (bicyclic) bond motifs is 1. The fourth-order valence-corrected chi connectivity index (χ4v) is 1.70. The third-order valence-electron chi connectivity index (χ3n) is 2.47. The van der Waals surface area contributed by atoms with Gasteiger partial charge in [0.05, 0.1) is 5.56 Å². The number of rotatable bonds is 2. The van der Waals surface area contributed by atoms with Crippen molar-refractivity contribution in [2.45, 2.75) is 0 Å². The Labute approximate surface area is 99.4 Å². The minimum absolute atomic E-state index is 0.0162. The smallest absolute Gasteiger partial charge is 0.269 e. The molecule has 0 radical (unpaired) electrons. The maximum absolute atomic E-state index is 11.8. The molecule has 0 aliphatic carbocycles. The second-order valence-electron chi connectivity index (χ2n) is 4.02. The fraction of sp³-hybridized carbons (Fsp3) is 0.154. The number of aromatic hydroxyl groups is 1. The SMILES string of the molecule is CN(C)NC(=O)c1ccc2ccccc2c1O. The van der Waals surface area contributed by atoms with E-state index in [9.17, 15) is 9.90 Å². The van der Waals surface area contributed by atoms with Gasteiger partial charge < -0.3 is 5.11 Å². The van der Waals surface area contributed by atoms with Gasteiger partial charge in [-0.25, -0.2) is 5.01 Å². The molecule has 2 aromatic carbocycles. The second-order valence-corrected chi connectivity index (χ2v) is 4.02.